The van der Waals surface area contributed by atoms with Crippen LogP contribution in [0, 0.1) is 17.8 Å². The molecule has 2 nitrogen and oxygen atoms in total. The molecule has 2 aliphatic heterocycles. The molecule has 0 saturated carbocycles. The molecule has 0 aliphatic carbocycles. The Morgan fingerprint density at radius 3 is 2.91 bits per heavy atom. The second-order valence-electron chi connectivity index (χ2n) is 6.84. The van der Waals surface area contributed by atoms with E-state index < -0.39 is 0 Å². The summed E-state index contributed by atoms with van der Waals surface area (Å²) in [6.45, 7) is 8.45. The van der Waals surface area contributed by atoms with E-state index in [1.807, 2.05) is 13.0 Å². The van der Waals surface area contributed by atoms with Gasteiger partial charge in [0.15, 0.2) is 0 Å². The van der Waals surface area contributed by atoms with E-state index in [1.54, 1.807) is 0 Å². The Bertz CT molecular complexity index is 432. The predicted octanol–water partition coefficient (Wildman–Crippen LogP) is 5.03. The number of hydrogen-bond donors (Lipinski definition) is 1. The van der Waals surface area contributed by atoms with Crippen molar-refractivity contribution in [1.29, 1.82) is 0 Å². The van der Waals surface area contributed by atoms with Gasteiger partial charge in [-0.05, 0) is 50.6 Å². The summed E-state index contributed by atoms with van der Waals surface area (Å²) in [6.07, 6.45) is 5.62. The monoisotopic (exact) mass is 456 g/mol. The number of allylic oxidation sites excluding steroid dienone is 2. The fourth-order valence-corrected chi connectivity index (χ4v) is 4.60. The Kier molecular flexibility index (Phi) is 7.50. The molecule has 126 valence electrons. The smallest absolute Gasteiger partial charge is 0.0480 e. The number of hydrogen-bond acceptors (Lipinski definition) is 2. The van der Waals surface area contributed by atoms with Crippen molar-refractivity contribution in [1.82, 2.24) is 5.32 Å². The van der Waals surface area contributed by atoms with Gasteiger partial charge in [-0.25, -0.2) is 0 Å². The van der Waals surface area contributed by atoms with Gasteiger partial charge in [-0.1, -0.05) is 48.0 Å². The maximum Gasteiger partial charge on any atom is 0.0480 e. The number of nitrogens with one attached hydrogen (secondary N) is 1. The Hall–Kier alpha value is 0.680. The molecule has 0 aromatic carbocycles. The molecule has 5 heteroatoms. The molecule has 6 atom stereocenters. The summed E-state index contributed by atoms with van der Waals surface area (Å²) in [5, 5.41) is 4.81. The summed E-state index contributed by atoms with van der Waals surface area (Å²) in [5.74, 6) is 1.78. The van der Waals surface area contributed by atoms with E-state index in [1.165, 1.54) is 25.0 Å². The first-order valence-electron chi connectivity index (χ1n) is 8.28. The van der Waals surface area contributed by atoms with Gasteiger partial charge in [0, 0.05) is 38.6 Å². The van der Waals surface area contributed by atoms with Crippen LogP contribution in [0.4, 0.5) is 0 Å². The molecule has 4 unspecified atom stereocenters. The number of nitrogens with zero attached hydrogens (tertiary/aromatic N) is 1. The lowest BCUT2D eigenvalue weighted by atomic mass is 9.81. The summed E-state index contributed by atoms with van der Waals surface area (Å²) in [5.41, 5.74) is 1.17. The summed E-state index contributed by atoms with van der Waals surface area (Å²) < 4.78 is 0.528. The minimum Gasteiger partial charge on any atom is -0.314 e. The quantitative estimate of drug-likeness (QED) is 0.455. The van der Waals surface area contributed by atoms with Gasteiger partial charge in [-0.3, -0.25) is 4.99 Å². The van der Waals surface area contributed by atoms with Crippen LogP contribution in [0.2, 0.25) is 0 Å². The van der Waals surface area contributed by atoms with Crippen molar-refractivity contribution in [2.75, 3.05) is 13.1 Å². The maximum atomic E-state index is 6.61. The lowest BCUT2D eigenvalue weighted by molar-refractivity contribution is 0.252. The highest BCUT2D eigenvalue weighted by Crippen LogP contribution is 2.33. The van der Waals surface area contributed by atoms with Crippen LogP contribution in [0.25, 0.3) is 0 Å². The van der Waals surface area contributed by atoms with Crippen molar-refractivity contribution in [3.63, 3.8) is 0 Å². The lowest BCUT2D eigenvalue weighted by Crippen LogP contribution is -2.43. The molecular formula is C17H27Cl2IN2. The zero-order chi connectivity index (χ0) is 16.3. The number of piperidine rings is 1. The SMILES string of the molecule is C/C(Cl)=C\C1=NC[C@H](CC2CC(C(Cl)C(C)I)CCN2)[C@H]1C. The third kappa shape index (κ3) is 5.09. The van der Waals surface area contributed by atoms with Crippen LogP contribution < -0.4 is 5.32 Å². The second kappa shape index (κ2) is 8.68. The molecule has 1 saturated heterocycles. The Morgan fingerprint density at radius 1 is 1.55 bits per heavy atom. The third-order valence-electron chi connectivity index (χ3n) is 5.04. The minimum absolute atomic E-state index is 0.292. The van der Waals surface area contributed by atoms with E-state index >= 15 is 0 Å². The molecule has 0 amide bonds. The first-order chi connectivity index (χ1) is 10.4. The zero-order valence-electron chi connectivity index (χ0n) is 13.7. The van der Waals surface area contributed by atoms with Gasteiger partial charge in [0.1, 0.15) is 0 Å². The van der Waals surface area contributed by atoms with Crippen molar-refractivity contribution >= 4 is 51.5 Å². The Morgan fingerprint density at radius 2 is 2.27 bits per heavy atom. The maximum absolute atomic E-state index is 6.61. The van der Waals surface area contributed by atoms with Crippen molar-refractivity contribution in [3.8, 4) is 0 Å². The van der Waals surface area contributed by atoms with Crippen LogP contribution in [0.15, 0.2) is 16.1 Å². The Labute approximate surface area is 158 Å². The minimum atomic E-state index is 0.292. The number of rotatable bonds is 5. The molecule has 2 aliphatic rings. The molecule has 0 aromatic heterocycles. The topological polar surface area (TPSA) is 24.4 Å². The summed E-state index contributed by atoms with van der Waals surface area (Å²) in [6, 6.07) is 0.582. The van der Waals surface area contributed by atoms with Crippen LogP contribution in [0.3, 0.4) is 0 Å². The zero-order valence-corrected chi connectivity index (χ0v) is 17.3. The summed E-state index contributed by atoms with van der Waals surface area (Å²) in [4.78, 5) is 4.69. The molecule has 2 rings (SSSR count). The summed E-state index contributed by atoms with van der Waals surface area (Å²) in [7, 11) is 0. The number of aliphatic imine (C=N–C) groups is 1. The fraction of sp³-hybridized carbons (Fsp3) is 0.824. The largest absolute Gasteiger partial charge is 0.314 e. The van der Waals surface area contributed by atoms with E-state index in [9.17, 15) is 0 Å². The van der Waals surface area contributed by atoms with Crippen LogP contribution in [-0.4, -0.2) is 34.1 Å². The molecule has 1 fully saturated rings. The van der Waals surface area contributed by atoms with Crippen molar-refractivity contribution < 1.29 is 0 Å². The molecule has 0 radical (unpaired) electrons. The van der Waals surface area contributed by atoms with E-state index in [2.05, 4.69) is 46.7 Å². The van der Waals surface area contributed by atoms with Gasteiger partial charge in [0.05, 0.1) is 0 Å². The number of alkyl halides is 2. The van der Waals surface area contributed by atoms with E-state index in [0.717, 1.165) is 18.1 Å². The third-order valence-corrected chi connectivity index (χ3v) is 7.08. The van der Waals surface area contributed by atoms with Gasteiger partial charge < -0.3 is 5.32 Å². The molecular weight excluding hydrogens is 430 g/mol. The molecule has 0 aromatic rings. The highest BCUT2D eigenvalue weighted by Gasteiger charge is 2.33. The van der Waals surface area contributed by atoms with Gasteiger partial charge >= 0.3 is 0 Å². The average Bonchev–Trinajstić information content (AvgIpc) is 2.79. The van der Waals surface area contributed by atoms with Crippen molar-refractivity contribution in [2.45, 2.75) is 55.4 Å². The molecule has 0 spiro atoms. The van der Waals surface area contributed by atoms with Crippen LogP contribution >= 0.6 is 45.8 Å². The van der Waals surface area contributed by atoms with Gasteiger partial charge in [-0.2, -0.15) is 0 Å². The van der Waals surface area contributed by atoms with E-state index in [-0.39, 0.29) is 0 Å². The van der Waals surface area contributed by atoms with E-state index in [4.69, 9.17) is 23.2 Å². The van der Waals surface area contributed by atoms with Crippen molar-refractivity contribution in [3.05, 3.63) is 11.1 Å². The first-order valence-corrected chi connectivity index (χ1v) is 10.3. The molecule has 0 bridgehead atoms. The van der Waals surface area contributed by atoms with Crippen molar-refractivity contribution in [2.24, 2.45) is 22.7 Å². The lowest BCUT2D eigenvalue weighted by Gasteiger charge is -2.35. The average molecular weight is 457 g/mol. The van der Waals surface area contributed by atoms with Gasteiger partial charge in [0.2, 0.25) is 0 Å². The van der Waals surface area contributed by atoms with Gasteiger partial charge in [0.25, 0.3) is 0 Å². The Balaban J connectivity index is 1.88. The fourth-order valence-electron chi connectivity index (χ4n) is 3.67. The number of halogens is 3. The molecule has 2 heterocycles. The first kappa shape index (κ1) is 19.0. The normalized spacial score (nSPS) is 36.1. The molecule has 22 heavy (non-hydrogen) atoms. The highest BCUT2D eigenvalue weighted by molar-refractivity contribution is 14.1. The van der Waals surface area contributed by atoms with Gasteiger partial charge in [-0.15, -0.1) is 11.6 Å². The van der Waals surface area contributed by atoms with Crippen LogP contribution in [-0.2, 0) is 0 Å². The predicted molar refractivity (Wildman–Crippen MR) is 107 cm³/mol. The van der Waals surface area contributed by atoms with Crippen LogP contribution in [0.5, 0.6) is 0 Å². The molecule has 1 N–H and O–H groups in total. The standard InChI is InChI=1S/C17H27Cl2IN2/c1-10(18)6-16-11(2)14(9-22-16)8-15-7-13(4-5-21-15)17(19)12(3)20/h6,11-15,17,21H,4-5,7-9H2,1-3H3/b10-6+/t11-,12?,13?,14+,15?,17?/m1/s1. The van der Waals surface area contributed by atoms with Crippen LogP contribution in [0.1, 0.15) is 40.0 Å². The highest BCUT2D eigenvalue weighted by atomic mass is 127. The summed E-state index contributed by atoms with van der Waals surface area (Å²) >= 11 is 15.1. The second-order valence-corrected chi connectivity index (χ2v) is 9.90. The van der Waals surface area contributed by atoms with E-state index in [0.29, 0.717) is 33.1 Å².